The van der Waals surface area contributed by atoms with E-state index in [2.05, 4.69) is 10.5 Å². The second kappa shape index (κ2) is 9.82. The van der Waals surface area contributed by atoms with Gasteiger partial charge in [0.1, 0.15) is 5.82 Å². The van der Waals surface area contributed by atoms with Gasteiger partial charge < -0.3 is 0 Å². The summed E-state index contributed by atoms with van der Waals surface area (Å²) in [6.45, 7) is 1.84. The fourth-order valence-corrected chi connectivity index (χ4v) is 2.10. The molecule has 0 aliphatic rings. The molecular formula is C15H16ClFN4O4S. The molecule has 0 spiro atoms. The Kier molecular flexibility index (Phi) is 8.13. The molecular weight excluding hydrogens is 387 g/mol. The molecule has 0 unspecified atom stereocenters. The van der Waals surface area contributed by atoms with Gasteiger partial charge in [-0.1, -0.05) is 35.4 Å². The number of hydrazone groups is 1. The summed E-state index contributed by atoms with van der Waals surface area (Å²) in [5.41, 5.74) is 5.12. The van der Waals surface area contributed by atoms with Crippen LogP contribution in [0.15, 0.2) is 52.5 Å². The number of guanidine groups is 1. The number of rotatable bonds is 3. The van der Waals surface area contributed by atoms with Gasteiger partial charge in [0.15, 0.2) is 0 Å². The molecule has 0 radical (unpaired) electrons. The molecule has 11 heteroatoms. The van der Waals surface area contributed by atoms with Crippen molar-refractivity contribution in [3.05, 3.63) is 64.4 Å². The smallest absolute Gasteiger partial charge is 0.288 e. The molecule has 5 N–H and O–H groups in total. The molecule has 26 heavy (non-hydrogen) atoms. The van der Waals surface area contributed by atoms with Crippen LogP contribution in [0, 0.1) is 18.2 Å². The van der Waals surface area contributed by atoms with Crippen LogP contribution in [0.4, 0.5) is 4.39 Å². The topological polar surface area (TPSA) is 135 Å². The van der Waals surface area contributed by atoms with Crippen LogP contribution in [0.5, 0.6) is 0 Å². The van der Waals surface area contributed by atoms with E-state index < -0.39 is 15.9 Å². The molecule has 0 aromatic heterocycles. The molecule has 2 aromatic carbocycles. The molecule has 0 fully saturated rings. The molecule has 0 atom stereocenters. The average molecular weight is 403 g/mol. The second-order valence-corrected chi connectivity index (χ2v) is 6.65. The molecule has 0 aliphatic heterocycles. The van der Waals surface area contributed by atoms with Crippen LogP contribution in [0.1, 0.15) is 11.1 Å². The monoisotopic (exact) mass is 402 g/mol. The minimum absolute atomic E-state index is 0.0323. The van der Waals surface area contributed by atoms with Crippen LogP contribution in [0.25, 0.3) is 0 Å². The maximum Gasteiger partial charge on any atom is 0.294 e. The third kappa shape index (κ3) is 7.57. The molecule has 0 saturated heterocycles. The molecule has 0 heterocycles. The van der Waals surface area contributed by atoms with Crippen molar-refractivity contribution < 1.29 is 22.6 Å². The summed E-state index contributed by atoms with van der Waals surface area (Å²) in [7, 11) is -4.02. The molecule has 0 saturated carbocycles. The summed E-state index contributed by atoms with van der Waals surface area (Å²) in [6, 6.07) is 10.1. The minimum Gasteiger partial charge on any atom is -0.288 e. The predicted octanol–water partition coefficient (Wildman–Crippen LogP) is 2.56. The lowest BCUT2D eigenvalue weighted by Crippen LogP contribution is -2.30. The third-order valence-corrected chi connectivity index (χ3v) is 3.94. The Labute approximate surface area is 154 Å². The Morgan fingerprint density at radius 3 is 2.38 bits per heavy atom. The normalized spacial score (nSPS) is 10.8. The van der Waals surface area contributed by atoms with Gasteiger partial charge in [-0.25, -0.2) is 15.3 Å². The number of nitrogens with one attached hydrogen (secondary N) is 3. The number of hydroxylamine groups is 1. The summed E-state index contributed by atoms with van der Waals surface area (Å²) in [5, 5.41) is 18.7. The van der Waals surface area contributed by atoms with Crippen LogP contribution in [0.2, 0.25) is 5.02 Å². The zero-order valence-corrected chi connectivity index (χ0v) is 15.0. The molecule has 8 nitrogen and oxygen atoms in total. The Balaban J connectivity index is 0.000000273. The highest BCUT2D eigenvalue weighted by atomic mass is 35.5. The lowest BCUT2D eigenvalue weighted by atomic mass is 10.2. The highest BCUT2D eigenvalue weighted by molar-refractivity contribution is 7.85. The van der Waals surface area contributed by atoms with Crippen molar-refractivity contribution in [2.75, 3.05) is 0 Å². The van der Waals surface area contributed by atoms with Gasteiger partial charge in [-0.3, -0.25) is 15.2 Å². The first-order valence-electron chi connectivity index (χ1n) is 6.90. The highest BCUT2D eigenvalue weighted by Gasteiger charge is 2.06. The maximum absolute atomic E-state index is 12.9. The van der Waals surface area contributed by atoms with Crippen molar-refractivity contribution in [1.82, 2.24) is 10.9 Å². The van der Waals surface area contributed by atoms with Crippen molar-refractivity contribution in [3.63, 3.8) is 0 Å². The fraction of sp³-hybridized carbons (Fsp3) is 0.0667. The van der Waals surface area contributed by atoms with Crippen LogP contribution in [0.3, 0.4) is 0 Å². The summed E-state index contributed by atoms with van der Waals surface area (Å²) in [4.78, 5) is -0.0666. The van der Waals surface area contributed by atoms with Crippen LogP contribution in [-0.2, 0) is 10.1 Å². The molecule has 2 rings (SSSR count). The molecule has 0 aliphatic carbocycles. The van der Waals surface area contributed by atoms with Gasteiger partial charge in [0.25, 0.3) is 10.1 Å². The van der Waals surface area contributed by atoms with E-state index in [4.69, 9.17) is 26.8 Å². The summed E-state index contributed by atoms with van der Waals surface area (Å²) >= 11 is 5.48. The molecule has 140 valence electrons. The lowest BCUT2D eigenvalue weighted by Gasteiger charge is -1.99. The SMILES string of the molecule is Cc1ccc(S(=O)(=O)O)cc1.N=C(NO)NN=Cc1ccc(Cl)c(F)c1. The number of aryl methyl sites for hydroxylation is 1. The summed E-state index contributed by atoms with van der Waals surface area (Å²) < 4.78 is 42.5. The van der Waals surface area contributed by atoms with Gasteiger partial charge in [0, 0.05) is 0 Å². The van der Waals surface area contributed by atoms with E-state index in [9.17, 15) is 12.8 Å². The quantitative estimate of drug-likeness (QED) is 0.232. The van der Waals surface area contributed by atoms with Crippen molar-refractivity contribution >= 4 is 33.9 Å². The van der Waals surface area contributed by atoms with Gasteiger partial charge in [0.05, 0.1) is 16.1 Å². The lowest BCUT2D eigenvalue weighted by molar-refractivity contribution is 0.228. The number of hydrogen-bond donors (Lipinski definition) is 5. The van der Waals surface area contributed by atoms with Crippen LogP contribution in [-0.4, -0.2) is 30.4 Å². The van der Waals surface area contributed by atoms with Crippen LogP contribution < -0.4 is 10.9 Å². The highest BCUT2D eigenvalue weighted by Crippen LogP contribution is 2.14. The van der Waals surface area contributed by atoms with E-state index in [0.29, 0.717) is 5.56 Å². The third-order valence-electron chi connectivity index (χ3n) is 2.76. The Morgan fingerprint density at radius 1 is 1.27 bits per heavy atom. The van der Waals surface area contributed by atoms with Crippen molar-refractivity contribution in [2.45, 2.75) is 11.8 Å². The zero-order chi connectivity index (χ0) is 19.7. The Bertz CT molecular complexity index is 889. The molecule has 0 bridgehead atoms. The predicted molar refractivity (Wildman–Crippen MR) is 95.8 cm³/mol. The van der Waals surface area contributed by atoms with Crippen LogP contribution >= 0.6 is 11.6 Å². The van der Waals surface area contributed by atoms with Crippen molar-refractivity contribution in [1.29, 1.82) is 5.41 Å². The van der Waals surface area contributed by atoms with Gasteiger partial charge in [-0.15, -0.1) is 0 Å². The average Bonchev–Trinajstić information content (AvgIpc) is 2.58. The van der Waals surface area contributed by atoms with Crippen molar-refractivity contribution in [3.8, 4) is 0 Å². The first kappa shape index (κ1) is 21.5. The number of benzene rings is 2. The Hall–Kier alpha value is -2.53. The summed E-state index contributed by atoms with van der Waals surface area (Å²) in [6.07, 6.45) is 1.28. The van der Waals surface area contributed by atoms with E-state index in [-0.39, 0.29) is 15.9 Å². The van der Waals surface area contributed by atoms with E-state index in [1.165, 1.54) is 36.0 Å². The number of nitrogens with zero attached hydrogens (tertiary/aromatic N) is 1. The van der Waals surface area contributed by atoms with E-state index >= 15 is 0 Å². The first-order chi connectivity index (χ1) is 12.1. The largest absolute Gasteiger partial charge is 0.294 e. The summed E-state index contributed by atoms with van der Waals surface area (Å²) in [5.74, 6) is -0.934. The zero-order valence-electron chi connectivity index (χ0n) is 13.4. The number of hydrogen-bond acceptors (Lipinski definition) is 5. The second-order valence-electron chi connectivity index (χ2n) is 4.82. The van der Waals surface area contributed by atoms with E-state index in [0.717, 1.165) is 5.56 Å². The van der Waals surface area contributed by atoms with Crippen molar-refractivity contribution in [2.24, 2.45) is 5.10 Å². The fourth-order valence-electron chi connectivity index (χ4n) is 1.50. The van der Waals surface area contributed by atoms with Gasteiger partial charge in [-0.2, -0.15) is 13.5 Å². The standard InChI is InChI=1S/C8H8ClFN4O.C7H8O3S/c9-6-2-1-5(3-7(6)10)4-12-13-8(11)14-15;1-6-2-4-7(5-3-6)11(8,9)10/h1-4,15H,(H3,11,13,14);2-5H,1H3,(H,8,9,10). The van der Waals surface area contributed by atoms with Gasteiger partial charge >= 0.3 is 0 Å². The maximum atomic E-state index is 12.9. The van der Waals surface area contributed by atoms with E-state index in [1.807, 2.05) is 6.92 Å². The number of halogens is 2. The Morgan fingerprint density at radius 2 is 1.88 bits per heavy atom. The molecule has 2 aromatic rings. The van der Waals surface area contributed by atoms with Gasteiger partial charge in [-0.05, 0) is 36.8 Å². The minimum atomic E-state index is -4.02. The van der Waals surface area contributed by atoms with Gasteiger partial charge in [0.2, 0.25) is 5.96 Å². The van der Waals surface area contributed by atoms with E-state index in [1.54, 1.807) is 18.2 Å². The first-order valence-corrected chi connectivity index (χ1v) is 8.72. The molecule has 0 amide bonds.